The number of benzene rings is 3. The van der Waals surface area contributed by atoms with Gasteiger partial charge in [-0.3, -0.25) is 10.4 Å². The highest BCUT2D eigenvalue weighted by atomic mass is 19.4. The van der Waals surface area contributed by atoms with Gasteiger partial charge in [0.15, 0.2) is 17.3 Å². The minimum atomic E-state index is -5.41. The third kappa shape index (κ3) is 7.66. The number of hydrogen-bond acceptors (Lipinski definition) is 10. The number of alkyl halides is 3. The van der Waals surface area contributed by atoms with Crippen molar-refractivity contribution in [3.63, 3.8) is 0 Å². The summed E-state index contributed by atoms with van der Waals surface area (Å²) in [6.07, 6.45) is -5.41. The van der Waals surface area contributed by atoms with Crippen molar-refractivity contribution >= 4 is 23.5 Å². The minimum Gasteiger partial charge on any atom is -0.493 e. The largest absolute Gasteiger partial charge is 0.493 e. The first kappa shape index (κ1) is 32.3. The van der Waals surface area contributed by atoms with Crippen molar-refractivity contribution in [3.05, 3.63) is 99.7 Å². The Labute approximate surface area is 253 Å². The van der Waals surface area contributed by atoms with E-state index in [4.69, 9.17) is 25.4 Å². The lowest BCUT2D eigenvalue weighted by molar-refractivity contribution is -0.193. The van der Waals surface area contributed by atoms with Gasteiger partial charge in [-0.15, -0.1) is 5.10 Å². The molecular formula is C29H27F3N6O7. The number of nitrogens with two attached hydrogens (primary N) is 1. The summed E-state index contributed by atoms with van der Waals surface area (Å²) < 4.78 is 59.1. The summed E-state index contributed by atoms with van der Waals surface area (Å²) in [6, 6.07) is 15.7. The number of halogens is 3. The normalized spacial score (nSPS) is 11.8. The van der Waals surface area contributed by atoms with Gasteiger partial charge in [0.25, 0.3) is 0 Å². The molecule has 0 aliphatic carbocycles. The van der Waals surface area contributed by atoms with Gasteiger partial charge in [-0.05, 0) is 54.1 Å². The van der Waals surface area contributed by atoms with Crippen LogP contribution in [-0.4, -0.2) is 66.1 Å². The van der Waals surface area contributed by atoms with Gasteiger partial charge in [-0.2, -0.15) is 17.9 Å². The van der Waals surface area contributed by atoms with Crippen LogP contribution in [0.3, 0.4) is 0 Å². The number of hydrogen-bond donors (Lipinski definition) is 4. The number of para-hydroxylation sites is 1. The first-order valence-electron chi connectivity index (χ1n) is 13.1. The molecule has 16 heteroatoms. The van der Waals surface area contributed by atoms with E-state index in [-0.39, 0.29) is 24.0 Å². The van der Waals surface area contributed by atoms with Gasteiger partial charge in [0.05, 0.1) is 25.0 Å². The molecule has 1 aromatic heterocycles. The fourth-order valence-corrected chi connectivity index (χ4v) is 4.10. The van der Waals surface area contributed by atoms with Crippen LogP contribution in [0.2, 0.25) is 0 Å². The van der Waals surface area contributed by atoms with Gasteiger partial charge in [0, 0.05) is 18.4 Å². The van der Waals surface area contributed by atoms with E-state index in [2.05, 4.69) is 20.1 Å². The van der Waals surface area contributed by atoms with Crippen molar-refractivity contribution in [1.29, 1.82) is 5.41 Å². The van der Waals surface area contributed by atoms with Gasteiger partial charge in [-0.1, -0.05) is 18.2 Å². The van der Waals surface area contributed by atoms with Crippen LogP contribution < -0.4 is 26.2 Å². The maximum atomic E-state index is 13.2. The van der Waals surface area contributed by atoms with Crippen molar-refractivity contribution in [2.45, 2.75) is 12.2 Å². The molecule has 1 atom stereocenters. The molecule has 0 saturated heterocycles. The molecule has 0 spiro atoms. The number of rotatable bonds is 12. The van der Waals surface area contributed by atoms with Crippen LogP contribution in [-0.2, 0) is 14.3 Å². The predicted octanol–water partition coefficient (Wildman–Crippen LogP) is 3.33. The summed E-state index contributed by atoms with van der Waals surface area (Å²) >= 11 is 0. The number of amidine groups is 1. The van der Waals surface area contributed by atoms with Crippen LogP contribution in [0, 0.1) is 5.41 Å². The number of carbonyl (C=O) groups excluding carboxylic acids is 2. The highest BCUT2D eigenvalue weighted by Crippen LogP contribution is 2.33. The molecule has 0 aliphatic rings. The Bertz CT molecular complexity index is 1750. The molecule has 236 valence electrons. The van der Waals surface area contributed by atoms with E-state index in [9.17, 15) is 27.6 Å². The Balaban J connectivity index is 1.77. The van der Waals surface area contributed by atoms with Crippen LogP contribution in [0.1, 0.15) is 33.4 Å². The number of aromatic nitrogens is 3. The lowest BCUT2D eigenvalue weighted by atomic mass is 10.0. The van der Waals surface area contributed by atoms with Gasteiger partial charge in [0.1, 0.15) is 18.5 Å². The van der Waals surface area contributed by atoms with Crippen molar-refractivity contribution < 1.29 is 41.7 Å². The number of anilines is 1. The SMILES string of the molecule is COCCOc1ccc(C(Nc2ccc(C(=N)N)cc2)c2nn(-c3ccccc3C(=O)OC(=O)C(F)(F)F)c(=O)[nH]2)cc1OC. The Hall–Kier alpha value is -5.64. The number of methoxy groups -OCH3 is 2. The Morgan fingerprint density at radius 3 is 2.40 bits per heavy atom. The Morgan fingerprint density at radius 1 is 1.04 bits per heavy atom. The second kappa shape index (κ2) is 13.8. The fourth-order valence-electron chi connectivity index (χ4n) is 4.10. The molecule has 5 N–H and O–H groups in total. The molecule has 3 aromatic carbocycles. The molecule has 13 nitrogen and oxygen atoms in total. The molecule has 0 aliphatic heterocycles. The van der Waals surface area contributed by atoms with E-state index in [0.717, 1.165) is 10.7 Å². The van der Waals surface area contributed by atoms with Crippen LogP contribution in [0.5, 0.6) is 11.5 Å². The number of ether oxygens (including phenoxy) is 4. The van der Waals surface area contributed by atoms with E-state index in [1.165, 1.54) is 32.4 Å². The monoisotopic (exact) mass is 628 g/mol. The molecule has 0 radical (unpaired) electrons. The second-order valence-electron chi connectivity index (χ2n) is 9.24. The van der Waals surface area contributed by atoms with Crippen molar-refractivity contribution in [2.75, 3.05) is 32.8 Å². The van der Waals surface area contributed by atoms with E-state index in [0.29, 0.717) is 34.9 Å². The van der Waals surface area contributed by atoms with Crippen LogP contribution >= 0.6 is 0 Å². The number of nitrogen functional groups attached to an aromatic ring is 1. The zero-order valence-corrected chi connectivity index (χ0v) is 23.8. The summed E-state index contributed by atoms with van der Waals surface area (Å²) in [5.41, 5.74) is 5.50. The van der Waals surface area contributed by atoms with Crippen molar-refractivity contribution in [3.8, 4) is 17.2 Å². The molecule has 0 saturated carbocycles. The topological polar surface area (TPSA) is 184 Å². The predicted molar refractivity (Wildman–Crippen MR) is 154 cm³/mol. The molecule has 4 aromatic rings. The molecular weight excluding hydrogens is 601 g/mol. The zero-order chi connectivity index (χ0) is 32.7. The van der Waals surface area contributed by atoms with E-state index in [1.807, 2.05) is 0 Å². The first-order chi connectivity index (χ1) is 21.4. The summed E-state index contributed by atoms with van der Waals surface area (Å²) in [5.74, 6) is -3.67. The summed E-state index contributed by atoms with van der Waals surface area (Å²) in [5, 5.41) is 15.2. The maximum absolute atomic E-state index is 13.2. The molecule has 1 heterocycles. The molecule has 0 bridgehead atoms. The summed E-state index contributed by atoms with van der Waals surface area (Å²) in [4.78, 5) is 39.6. The molecule has 45 heavy (non-hydrogen) atoms. The second-order valence-corrected chi connectivity index (χ2v) is 9.24. The number of nitrogens with zero attached hydrogens (tertiary/aromatic N) is 2. The van der Waals surface area contributed by atoms with E-state index in [1.54, 1.807) is 42.5 Å². The number of H-pyrrole nitrogens is 1. The van der Waals surface area contributed by atoms with Gasteiger partial charge >= 0.3 is 23.8 Å². The van der Waals surface area contributed by atoms with Gasteiger partial charge in [0.2, 0.25) is 0 Å². The standard InChI is InChI=1S/C29H27F3N6O7/c1-42-13-14-44-21-12-9-17(15-22(21)43-2)23(35-18-10-7-16(8-11-18)24(33)34)25-36-28(41)38(37-25)20-6-4-3-5-19(20)26(39)45-27(40)29(30,31)32/h3-12,15,23,35H,13-14H2,1-2H3,(H3,33,34)(H,36,37,41). The van der Waals surface area contributed by atoms with Gasteiger partial charge in [-0.25, -0.2) is 14.4 Å². The molecule has 1 unspecified atom stereocenters. The average molecular weight is 629 g/mol. The summed E-state index contributed by atoms with van der Waals surface area (Å²) in [7, 11) is 2.98. The molecule has 0 fully saturated rings. The third-order valence-electron chi connectivity index (χ3n) is 6.25. The van der Waals surface area contributed by atoms with E-state index >= 15 is 0 Å². The highest BCUT2D eigenvalue weighted by molar-refractivity contribution is 6.00. The Morgan fingerprint density at radius 2 is 1.76 bits per heavy atom. The lowest BCUT2D eigenvalue weighted by Gasteiger charge is -2.20. The minimum absolute atomic E-state index is 0.0280. The number of carbonyl (C=O) groups is 2. The number of esters is 2. The third-order valence-corrected chi connectivity index (χ3v) is 6.25. The van der Waals surface area contributed by atoms with Crippen molar-refractivity contribution in [2.24, 2.45) is 5.73 Å². The molecule has 4 rings (SSSR count). The smallest absolute Gasteiger partial charge is 0.491 e. The fraction of sp³-hybridized carbons (Fsp3) is 0.207. The number of aromatic amines is 1. The van der Waals surface area contributed by atoms with Crippen LogP contribution in [0.25, 0.3) is 5.69 Å². The summed E-state index contributed by atoms with van der Waals surface area (Å²) in [6.45, 7) is 0.591. The van der Waals surface area contributed by atoms with Crippen LogP contribution in [0.4, 0.5) is 18.9 Å². The Kier molecular flexibility index (Phi) is 9.88. The molecule has 0 amide bonds. The van der Waals surface area contributed by atoms with Crippen molar-refractivity contribution in [1.82, 2.24) is 14.8 Å². The average Bonchev–Trinajstić information content (AvgIpc) is 3.40. The zero-order valence-electron chi connectivity index (χ0n) is 23.8. The van der Waals surface area contributed by atoms with E-state index < -0.39 is 35.4 Å². The maximum Gasteiger partial charge on any atom is 0.491 e. The quantitative estimate of drug-likeness (QED) is 0.0597. The number of nitrogens with one attached hydrogen (secondary N) is 3. The lowest BCUT2D eigenvalue weighted by Crippen LogP contribution is -2.29. The van der Waals surface area contributed by atoms with Gasteiger partial charge < -0.3 is 30.0 Å². The highest BCUT2D eigenvalue weighted by Gasteiger charge is 2.43. The van der Waals surface area contributed by atoms with Crippen LogP contribution in [0.15, 0.2) is 71.5 Å². The first-order valence-corrected chi connectivity index (χ1v) is 13.1.